The van der Waals surface area contributed by atoms with Crippen LogP contribution in [0.1, 0.15) is 58.8 Å². The third-order valence-electron chi connectivity index (χ3n) is 2.33. The van der Waals surface area contributed by atoms with E-state index in [4.69, 9.17) is 0 Å². The molecule has 0 radical (unpaired) electrons. The van der Waals surface area contributed by atoms with Crippen molar-refractivity contribution < 1.29 is 9.90 Å². The second kappa shape index (κ2) is 8.79. The van der Waals surface area contributed by atoms with E-state index in [0.29, 0.717) is 5.57 Å². The van der Waals surface area contributed by atoms with E-state index in [1.54, 1.807) is 13.0 Å². The molecular weight excluding hydrogens is 176 g/mol. The van der Waals surface area contributed by atoms with Crippen molar-refractivity contribution in [3.63, 3.8) is 0 Å². The van der Waals surface area contributed by atoms with E-state index < -0.39 is 5.97 Å². The van der Waals surface area contributed by atoms with Crippen LogP contribution >= 0.6 is 0 Å². The maximum absolute atomic E-state index is 10.3. The first-order valence-corrected chi connectivity index (χ1v) is 5.56. The lowest BCUT2D eigenvalue weighted by Crippen LogP contribution is -2.22. The third kappa shape index (κ3) is 7.84. The zero-order chi connectivity index (χ0) is 10.8. The number of allylic oxidation sites excluding steroid dienone is 1. The fraction of sp³-hybridized carbons (Fsp3) is 0.750. The van der Waals surface area contributed by atoms with Gasteiger partial charge in [-0.15, -0.1) is 0 Å². The second-order valence-corrected chi connectivity index (χ2v) is 3.73. The number of carbonyl (C=O) groups excluding carboxylic acids is 1. The summed E-state index contributed by atoms with van der Waals surface area (Å²) in [5.41, 5.74) is 0.360. The number of carboxylic acids is 1. The molecule has 0 saturated carbocycles. The summed E-state index contributed by atoms with van der Waals surface area (Å²) >= 11 is 0. The standard InChI is InChI=1S/C12H22O2/c1-3-4-5-6-7-8-9-10-11(2)12(13)14/h10H,3-9H2,1-2H3,(H,13,14)/p-1/b11-10-. The Kier molecular flexibility index (Phi) is 8.30. The summed E-state index contributed by atoms with van der Waals surface area (Å²) in [5, 5.41) is 10.3. The third-order valence-corrected chi connectivity index (χ3v) is 2.33. The monoisotopic (exact) mass is 197 g/mol. The van der Waals surface area contributed by atoms with E-state index in [1.165, 1.54) is 32.1 Å². The summed E-state index contributed by atoms with van der Waals surface area (Å²) < 4.78 is 0. The number of rotatable bonds is 8. The predicted molar refractivity (Wildman–Crippen MR) is 56.8 cm³/mol. The summed E-state index contributed by atoms with van der Waals surface area (Å²) in [7, 11) is 0. The molecule has 0 aromatic heterocycles. The van der Waals surface area contributed by atoms with Gasteiger partial charge in [0, 0.05) is 0 Å². The Bertz CT molecular complexity index is 183. The number of carbonyl (C=O) groups is 1. The average Bonchev–Trinajstić information content (AvgIpc) is 2.16. The van der Waals surface area contributed by atoms with Crippen LogP contribution in [0.25, 0.3) is 0 Å². The van der Waals surface area contributed by atoms with Crippen LogP contribution in [-0.4, -0.2) is 5.97 Å². The van der Waals surface area contributed by atoms with E-state index in [9.17, 15) is 9.90 Å². The van der Waals surface area contributed by atoms with Crippen LogP contribution in [-0.2, 0) is 4.79 Å². The van der Waals surface area contributed by atoms with E-state index in [2.05, 4.69) is 6.92 Å². The normalized spacial score (nSPS) is 11.7. The van der Waals surface area contributed by atoms with Crippen molar-refractivity contribution in [3.05, 3.63) is 11.6 Å². The van der Waals surface area contributed by atoms with Crippen LogP contribution in [0.4, 0.5) is 0 Å². The maximum atomic E-state index is 10.3. The molecule has 0 N–H and O–H groups in total. The van der Waals surface area contributed by atoms with Crippen molar-refractivity contribution in [1.82, 2.24) is 0 Å². The molecule has 0 saturated heterocycles. The maximum Gasteiger partial charge on any atom is 0.0668 e. The topological polar surface area (TPSA) is 40.1 Å². The van der Waals surface area contributed by atoms with Gasteiger partial charge in [0.1, 0.15) is 0 Å². The molecule has 0 spiro atoms. The summed E-state index contributed by atoms with van der Waals surface area (Å²) in [5.74, 6) is -1.05. The van der Waals surface area contributed by atoms with Gasteiger partial charge < -0.3 is 9.90 Å². The molecule has 0 aliphatic rings. The Morgan fingerprint density at radius 1 is 1.14 bits per heavy atom. The molecule has 0 heterocycles. The van der Waals surface area contributed by atoms with E-state index >= 15 is 0 Å². The highest BCUT2D eigenvalue weighted by molar-refractivity contribution is 5.83. The lowest BCUT2D eigenvalue weighted by Gasteiger charge is -2.01. The molecule has 2 heteroatoms. The van der Waals surface area contributed by atoms with Gasteiger partial charge in [0.25, 0.3) is 0 Å². The second-order valence-electron chi connectivity index (χ2n) is 3.73. The molecule has 0 aliphatic heterocycles. The Labute approximate surface area is 87.0 Å². The Hall–Kier alpha value is -0.790. The van der Waals surface area contributed by atoms with Gasteiger partial charge in [-0.1, -0.05) is 45.1 Å². The van der Waals surface area contributed by atoms with Crippen molar-refractivity contribution in [1.29, 1.82) is 0 Å². The van der Waals surface area contributed by atoms with E-state index in [-0.39, 0.29) is 0 Å². The van der Waals surface area contributed by atoms with Gasteiger partial charge in [-0.2, -0.15) is 0 Å². The van der Waals surface area contributed by atoms with Gasteiger partial charge in [0.05, 0.1) is 5.97 Å². The molecule has 0 amide bonds. The first kappa shape index (κ1) is 13.2. The van der Waals surface area contributed by atoms with E-state index in [1.807, 2.05) is 0 Å². The highest BCUT2D eigenvalue weighted by Gasteiger charge is 1.90. The lowest BCUT2D eigenvalue weighted by atomic mass is 10.1. The SMILES string of the molecule is CCCCCCCC/C=C(/C)C(=O)[O-]. The Balaban J connectivity index is 3.29. The van der Waals surface area contributed by atoms with Crippen molar-refractivity contribution in [3.8, 4) is 0 Å². The fourth-order valence-corrected chi connectivity index (χ4v) is 1.33. The molecule has 0 rings (SSSR count). The summed E-state index contributed by atoms with van der Waals surface area (Å²) in [6, 6.07) is 0. The molecule has 0 aromatic rings. The lowest BCUT2D eigenvalue weighted by molar-refractivity contribution is -0.299. The van der Waals surface area contributed by atoms with Gasteiger partial charge in [-0.3, -0.25) is 0 Å². The van der Waals surface area contributed by atoms with Crippen LogP contribution in [0.3, 0.4) is 0 Å². The fourth-order valence-electron chi connectivity index (χ4n) is 1.33. The van der Waals surface area contributed by atoms with Gasteiger partial charge >= 0.3 is 0 Å². The quantitative estimate of drug-likeness (QED) is 0.443. The molecule has 14 heavy (non-hydrogen) atoms. The zero-order valence-electron chi connectivity index (χ0n) is 9.34. The van der Waals surface area contributed by atoms with Crippen molar-refractivity contribution >= 4 is 5.97 Å². The molecule has 2 nitrogen and oxygen atoms in total. The van der Waals surface area contributed by atoms with E-state index in [0.717, 1.165) is 12.8 Å². The highest BCUT2D eigenvalue weighted by Crippen LogP contribution is 2.08. The summed E-state index contributed by atoms with van der Waals surface area (Å²) in [4.78, 5) is 10.3. The van der Waals surface area contributed by atoms with Crippen molar-refractivity contribution in [2.45, 2.75) is 58.8 Å². The van der Waals surface area contributed by atoms with Gasteiger partial charge in [-0.05, 0) is 25.3 Å². The molecule has 0 bridgehead atoms. The van der Waals surface area contributed by atoms with Gasteiger partial charge in [0.2, 0.25) is 0 Å². The Morgan fingerprint density at radius 3 is 2.29 bits per heavy atom. The minimum atomic E-state index is -1.05. The number of unbranched alkanes of at least 4 members (excludes halogenated alkanes) is 6. The first-order chi connectivity index (χ1) is 6.68. The molecule has 0 atom stereocenters. The highest BCUT2D eigenvalue weighted by atomic mass is 16.4. The van der Waals surface area contributed by atoms with Crippen LogP contribution in [0, 0.1) is 0 Å². The van der Waals surface area contributed by atoms with Crippen LogP contribution in [0.5, 0.6) is 0 Å². The smallest absolute Gasteiger partial charge is 0.0668 e. The summed E-state index contributed by atoms with van der Waals surface area (Å²) in [6.07, 6.45) is 10.1. The number of aliphatic carboxylic acids is 1. The molecule has 0 fully saturated rings. The van der Waals surface area contributed by atoms with Crippen LogP contribution < -0.4 is 5.11 Å². The largest absolute Gasteiger partial charge is 0.545 e. The molecule has 0 aliphatic carbocycles. The van der Waals surface area contributed by atoms with Crippen LogP contribution in [0.2, 0.25) is 0 Å². The minimum absolute atomic E-state index is 0.360. The van der Waals surface area contributed by atoms with Gasteiger partial charge in [-0.25, -0.2) is 0 Å². The average molecular weight is 197 g/mol. The van der Waals surface area contributed by atoms with Crippen molar-refractivity contribution in [2.75, 3.05) is 0 Å². The van der Waals surface area contributed by atoms with Gasteiger partial charge in [0.15, 0.2) is 0 Å². The summed E-state index contributed by atoms with van der Waals surface area (Å²) in [6.45, 7) is 3.79. The number of hydrogen-bond acceptors (Lipinski definition) is 2. The first-order valence-electron chi connectivity index (χ1n) is 5.56. The number of carboxylic acid groups (broad SMARTS) is 1. The van der Waals surface area contributed by atoms with Crippen molar-refractivity contribution in [2.24, 2.45) is 0 Å². The molecule has 82 valence electrons. The Morgan fingerprint density at radius 2 is 1.71 bits per heavy atom. The number of hydrogen-bond donors (Lipinski definition) is 0. The molecule has 0 aromatic carbocycles. The minimum Gasteiger partial charge on any atom is -0.545 e. The zero-order valence-corrected chi connectivity index (χ0v) is 9.34. The van der Waals surface area contributed by atoms with Crippen LogP contribution in [0.15, 0.2) is 11.6 Å². The molecular formula is C12H21O2-. The molecule has 0 unspecified atom stereocenters. The predicted octanol–water partition coefficient (Wildman–Crippen LogP) is 2.43.